The van der Waals surface area contributed by atoms with Gasteiger partial charge in [-0.1, -0.05) is 6.42 Å². The van der Waals surface area contributed by atoms with Crippen molar-refractivity contribution in [3.05, 3.63) is 0 Å². The van der Waals surface area contributed by atoms with Gasteiger partial charge in [0, 0.05) is 0 Å². The summed E-state index contributed by atoms with van der Waals surface area (Å²) < 4.78 is 0. The van der Waals surface area contributed by atoms with Gasteiger partial charge in [-0.25, -0.2) is 0 Å². The summed E-state index contributed by atoms with van der Waals surface area (Å²) in [7, 11) is 0. The Morgan fingerprint density at radius 3 is 0.867 bits per heavy atom. The van der Waals surface area contributed by atoms with Crippen LogP contribution in [0.15, 0.2) is 0 Å². The highest BCUT2D eigenvalue weighted by molar-refractivity contribution is 5.87. The molecule has 0 fully saturated rings. The standard InChI is InChI=1S/C6H14N2O2.20ClH/c7-4-2-1-3-5(8)6(9)10;;;;;;;;;;;;;;;;;;;;/h5H,1-4,7-8H2,(H,9,10);20*1H/t5-;;;;;;;;;;;;;;;;;;;;/m0..................../s1. The minimum Gasteiger partial charge on any atom is -0.480 e. The highest BCUT2D eigenvalue weighted by Crippen LogP contribution is 1.96. The molecule has 0 aromatic heterocycles. The number of carbonyl (C=O) groups is 1. The summed E-state index contributed by atoms with van der Waals surface area (Å²) in [6.07, 6.45) is 2.16. The Balaban J connectivity index is -0.00000000213. The Morgan fingerprint density at radius 1 is 0.533 bits per heavy atom. The van der Waals surface area contributed by atoms with E-state index in [-0.39, 0.29) is 248 Å². The normalized spacial score (nSPS) is 4.33. The van der Waals surface area contributed by atoms with Gasteiger partial charge < -0.3 is 16.6 Å². The van der Waals surface area contributed by atoms with Gasteiger partial charge in [0.05, 0.1) is 0 Å². The molecule has 0 radical (unpaired) electrons. The zero-order chi connectivity index (χ0) is 7.98. The van der Waals surface area contributed by atoms with E-state index >= 15 is 0 Å². The van der Waals surface area contributed by atoms with Crippen molar-refractivity contribution >= 4 is 254 Å². The van der Waals surface area contributed by atoms with Crippen LogP contribution in [-0.2, 0) is 4.79 Å². The molecular formula is C6H34Cl20N2O2. The molecule has 0 aliphatic heterocycles. The van der Waals surface area contributed by atoms with Gasteiger partial charge in [0.1, 0.15) is 6.04 Å². The van der Waals surface area contributed by atoms with E-state index in [1.54, 1.807) is 0 Å². The summed E-state index contributed by atoms with van der Waals surface area (Å²) in [6.45, 7) is 0.604. The predicted octanol–water partition coefficient (Wildman–Crippen LogP) is 7.96. The molecule has 0 aromatic carbocycles. The molecular weight excluding hydrogens is 841 g/mol. The molecule has 4 nitrogen and oxygen atoms in total. The molecule has 1 atom stereocenters. The van der Waals surface area contributed by atoms with Gasteiger partial charge in [0.2, 0.25) is 0 Å². The molecule has 0 spiro atoms. The molecule has 5 N–H and O–H groups in total. The van der Waals surface area contributed by atoms with E-state index in [9.17, 15) is 4.79 Å². The molecule has 0 rings (SSSR count). The zero-order valence-corrected chi connectivity index (χ0v) is 30.4. The molecule has 0 unspecified atom stereocenters. The van der Waals surface area contributed by atoms with E-state index < -0.39 is 12.0 Å². The highest BCUT2D eigenvalue weighted by Gasteiger charge is 2.09. The van der Waals surface area contributed by atoms with E-state index in [1.165, 1.54) is 0 Å². The second-order valence-corrected chi connectivity index (χ2v) is 2.23. The highest BCUT2D eigenvalue weighted by atomic mass is 35.5. The monoisotopic (exact) mass is 866 g/mol. The summed E-state index contributed by atoms with van der Waals surface area (Å²) >= 11 is 0. The molecule has 0 saturated carbocycles. The maximum Gasteiger partial charge on any atom is 0.320 e. The molecule has 0 saturated heterocycles. The lowest BCUT2D eigenvalue weighted by molar-refractivity contribution is -0.138. The third kappa shape index (κ3) is 171. The predicted molar refractivity (Wildman–Crippen MR) is 183 cm³/mol. The van der Waals surface area contributed by atoms with Gasteiger partial charge in [0.25, 0.3) is 0 Å². The van der Waals surface area contributed by atoms with E-state index in [4.69, 9.17) is 16.6 Å². The van der Waals surface area contributed by atoms with Crippen molar-refractivity contribution in [1.82, 2.24) is 0 Å². The van der Waals surface area contributed by atoms with Crippen molar-refractivity contribution in [3.8, 4) is 0 Å². The van der Waals surface area contributed by atoms with Crippen LogP contribution >= 0.6 is 248 Å². The molecule has 30 heavy (non-hydrogen) atoms. The van der Waals surface area contributed by atoms with Gasteiger partial charge in [0.15, 0.2) is 0 Å². The number of unbranched alkanes of at least 4 members (excludes halogenated alkanes) is 1. The van der Waals surface area contributed by atoms with E-state index in [1.807, 2.05) is 0 Å². The van der Waals surface area contributed by atoms with Crippen LogP contribution in [-0.4, -0.2) is 23.7 Å². The lowest BCUT2D eigenvalue weighted by atomic mass is 10.1. The van der Waals surface area contributed by atoms with E-state index in [0.29, 0.717) is 13.0 Å². The molecule has 220 valence electrons. The first-order valence-electron chi connectivity index (χ1n) is 3.37. The Morgan fingerprint density at radius 2 is 0.733 bits per heavy atom. The van der Waals surface area contributed by atoms with Gasteiger partial charge in [-0.15, -0.1) is 248 Å². The summed E-state index contributed by atoms with van der Waals surface area (Å²) in [4.78, 5) is 10.1. The Bertz CT molecular complexity index is 133. The lowest BCUT2D eigenvalue weighted by Gasteiger charge is -2.03. The second kappa shape index (κ2) is 163. The number of hydrogen-bond acceptors (Lipinski definition) is 3. The Kier molecular flexibility index (Phi) is 1110. The maximum atomic E-state index is 10.1. The van der Waals surface area contributed by atoms with Crippen LogP contribution < -0.4 is 11.5 Å². The number of aliphatic carboxylic acids is 1. The fraction of sp³-hybridized carbons (Fsp3) is 0.833. The minimum absolute atomic E-state index is 0. The van der Waals surface area contributed by atoms with Crippen LogP contribution in [0.5, 0.6) is 0 Å². The van der Waals surface area contributed by atoms with Crippen LogP contribution in [0.2, 0.25) is 0 Å². The summed E-state index contributed by atoms with van der Waals surface area (Å²) in [6, 6.07) is -0.716. The number of nitrogens with two attached hydrogens (primary N) is 2. The quantitative estimate of drug-likeness (QED) is 0.245. The zero-order valence-electron chi connectivity index (χ0n) is 14.1. The van der Waals surface area contributed by atoms with Gasteiger partial charge in [-0.2, -0.15) is 0 Å². The van der Waals surface area contributed by atoms with Gasteiger partial charge in [-0.3, -0.25) is 4.79 Å². The van der Waals surface area contributed by atoms with Gasteiger partial charge >= 0.3 is 5.97 Å². The van der Waals surface area contributed by atoms with Crippen molar-refractivity contribution in [2.24, 2.45) is 11.5 Å². The van der Waals surface area contributed by atoms with Crippen molar-refractivity contribution in [1.29, 1.82) is 0 Å². The summed E-state index contributed by atoms with van der Waals surface area (Å²) in [5.74, 6) is -0.933. The van der Waals surface area contributed by atoms with Gasteiger partial charge in [-0.05, 0) is 19.4 Å². The van der Waals surface area contributed by atoms with Crippen molar-refractivity contribution in [3.63, 3.8) is 0 Å². The average Bonchev–Trinajstić information content (AvgIpc) is 1.88. The largest absolute Gasteiger partial charge is 0.480 e. The molecule has 0 aliphatic carbocycles. The van der Waals surface area contributed by atoms with Crippen LogP contribution in [0, 0.1) is 0 Å². The lowest BCUT2D eigenvalue weighted by Crippen LogP contribution is -2.29. The van der Waals surface area contributed by atoms with Crippen molar-refractivity contribution < 1.29 is 9.90 Å². The van der Waals surface area contributed by atoms with E-state index in [2.05, 4.69) is 0 Å². The number of hydrogen-bond donors (Lipinski definition) is 3. The first-order valence-corrected chi connectivity index (χ1v) is 3.37. The average molecular weight is 875 g/mol. The van der Waals surface area contributed by atoms with Crippen LogP contribution in [0.1, 0.15) is 19.3 Å². The summed E-state index contributed by atoms with van der Waals surface area (Å²) in [5, 5.41) is 8.33. The Hall–Kier alpha value is 5.19. The summed E-state index contributed by atoms with van der Waals surface area (Å²) in [5.41, 5.74) is 10.4. The second-order valence-electron chi connectivity index (χ2n) is 2.23. The molecule has 24 heteroatoms. The maximum absolute atomic E-state index is 10.1. The number of carboxylic acid groups (broad SMARTS) is 1. The first-order chi connectivity index (χ1) is 4.68. The third-order valence-corrected chi connectivity index (χ3v) is 1.29. The minimum atomic E-state index is -0.933. The van der Waals surface area contributed by atoms with Crippen LogP contribution in [0.4, 0.5) is 0 Å². The molecule has 0 aromatic rings. The molecule has 0 amide bonds. The number of carboxylic acids is 1. The van der Waals surface area contributed by atoms with Crippen LogP contribution in [0.25, 0.3) is 0 Å². The number of rotatable bonds is 5. The fourth-order valence-electron chi connectivity index (χ4n) is 0.632. The first kappa shape index (κ1) is 204. The Labute approximate surface area is 303 Å². The molecule has 0 heterocycles. The smallest absolute Gasteiger partial charge is 0.320 e. The van der Waals surface area contributed by atoms with Crippen molar-refractivity contribution in [2.45, 2.75) is 25.3 Å². The molecule has 0 bridgehead atoms. The SMILES string of the molecule is Cl.Cl.Cl.Cl.Cl.Cl.Cl.Cl.Cl.Cl.Cl.Cl.Cl.Cl.Cl.Cl.Cl.Cl.Cl.Cl.NCCCC[C@H](N)C(=O)O. The van der Waals surface area contributed by atoms with Crippen LogP contribution in [0.3, 0.4) is 0 Å². The third-order valence-electron chi connectivity index (χ3n) is 1.29. The molecule has 0 aliphatic rings. The van der Waals surface area contributed by atoms with E-state index in [0.717, 1.165) is 12.8 Å². The van der Waals surface area contributed by atoms with Crippen molar-refractivity contribution in [2.75, 3.05) is 6.54 Å². The fourth-order valence-corrected chi connectivity index (χ4v) is 0.632. The topological polar surface area (TPSA) is 89.3 Å². The number of halogens is 20.